The maximum atomic E-state index is 4.77. The largest absolute Gasteiger partial charge is 0.357 e. The normalized spacial score (nSPS) is 16.4. The van der Waals surface area contributed by atoms with Crippen molar-refractivity contribution in [1.82, 2.24) is 20.5 Å². The molecule has 6 heteroatoms. The van der Waals surface area contributed by atoms with Crippen molar-refractivity contribution in [2.75, 3.05) is 50.7 Å². The molecule has 134 valence electrons. The molecule has 24 heavy (non-hydrogen) atoms. The molecule has 2 heterocycles. The number of hydrogen-bond donors (Lipinski definition) is 2. The summed E-state index contributed by atoms with van der Waals surface area (Å²) in [5, 5.41) is 6.90. The predicted molar refractivity (Wildman–Crippen MR) is 102 cm³/mol. The van der Waals surface area contributed by atoms with Gasteiger partial charge in [0.05, 0.1) is 6.54 Å². The van der Waals surface area contributed by atoms with Crippen LogP contribution in [0.2, 0.25) is 0 Å². The zero-order valence-electron chi connectivity index (χ0n) is 15.5. The fourth-order valence-corrected chi connectivity index (χ4v) is 2.71. The van der Waals surface area contributed by atoms with E-state index in [9.17, 15) is 0 Å². The molecule has 0 atom stereocenters. The SMILES string of the molecule is CCNC(=NCCNC(C)(C)C)N1CCN(c2ccccn2)CC1. The standard InChI is InChI=1S/C18H32N6/c1-5-19-17(21-10-11-22-18(2,3)4)24-14-12-23(13-15-24)16-8-6-7-9-20-16/h6-9,22H,5,10-15H2,1-4H3,(H,19,21). The van der Waals surface area contributed by atoms with Gasteiger partial charge in [0, 0.05) is 51.0 Å². The summed E-state index contributed by atoms with van der Waals surface area (Å²) in [6.07, 6.45) is 1.86. The molecule has 2 N–H and O–H groups in total. The van der Waals surface area contributed by atoms with Gasteiger partial charge in [-0.2, -0.15) is 0 Å². The Morgan fingerprint density at radius 1 is 1.21 bits per heavy atom. The Hall–Kier alpha value is -1.82. The van der Waals surface area contributed by atoms with Crippen molar-refractivity contribution in [3.63, 3.8) is 0 Å². The fraction of sp³-hybridized carbons (Fsp3) is 0.667. The second-order valence-corrected chi connectivity index (χ2v) is 7.07. The van der Waals surface area contributed by atoms with Crippen LogP contribution < -0.4 is 15.5 Å². The highest BCUT2D eigenvalue weighted by Gasteiger charge is 2.20. The first-order chi connectivity index (χ1) is 11.5. The Labute approximate surface area is 146 Å². The summed E-state index contributed by atoms with van der Waals surface area (Å²) < 4.78 is 0. The Bertz CT molecular complexity index is 500. The highest BCUT2D eigenvalue weighted by atomic mass is 15.4. The van der Waals surface area contributed by atoms with Crippen LogP contribution in [-0.2, 0) is 0 Å². The summed E-state index contributed by atoms with van der Waals surface area (Å²) in [6, 6.07) is 6.08. The lowest BCUT2D eigenvalue weighted by atomic mass is 10.1. The molecule has 0 unspecified atom stereocenters. The molecule has 2 rings (SSSR count). The monoisotopic (exact) mass is 332 g/mol. The minimum absolute atomic E-state index is 0.141. The molecule has 0 radical (unpaired) electrons. The second-order valence-electron chi connectivity index (χ2n) is 7.07. The average molecular weight is 332 g/mol. The summed E-state index contributed by atoms with van der Waals surface area (Å²) in [6.45, 7) is 15.1. The van der Waals surface area contributed by atoms with E-state index in [1.807, 2.05) is 18.3 Å². The molecule has 1 aromatic heterocycles. The van der Waals surface area contributed by atoms with Gasteiger partial charge in [0.2, 0.25) is 0 Å². The molecule has 1 aliphatic heterocycles. The maximum absolute atomic E-state index is 4.77. The van der Waals surface area contributed by atoms with Crippen molar-refractivity contribution in [1.29, 1.82) is 0 Å². The van der Waals surface area contributed by atoms with E-state index in [-0.39, 0.29) is 5.54 Å². The summed E-state index contributed by atoms with van der Waals surface area (Å²) >= 11 is 0. The van der Waals surface area contributed by atoms with Crippen LogP contribution in [0.3, 0.4) is 0 Å². The lowest BCUT2D eigenvalue weighted by molar-refractivity contribution is 0.370. The van der Waals surface area contributed by atoms with Crippen molar-refractivity contribution in [2.24, 2.45) is 4.99 Å². The minimum Gasteiger partial charge on any atom is -0.357 e. The van der Waals surface area contributed by atoms with Gasteiger partial charge in [0.25, 0.3) is 0 Å². The van der Waals surface area contributed by atoms with Crippen molar-refractivity contribution in [3.8, 4) is 0 Å². The number of aliphatic imine (C=N–C) groups is 1. The van der Waals surface area contributed by atoms with Crippen LogP contribution in [0, 0.1) is 0 Å². The van der Waals surface area contributed by atoms with Gasteiger partial charge in [-0.25, -0.2) is 4.98 Å². The van der Waals surface area contributed by atoms with E-state index in [4.69, 9.17) is 4.99 Å². The Morgan fingerprint density at radius 2 is 1.96 bits per heavy atom. The quantitative estimate of drug-likeness (QED) is 0.487. The first-order valence-electron chi connectivity index (χ1n) is 8.94. The summed E-state index contributed by atoms with van der Waals surface area (Å²) in [4.78, 5) is 13.9. The molecule has 1 fully saturated rings. The third-order valence-corrected chi connectivity index (χ3v) is 3.92. The molecule has 1 aromatic rings. The van der Waals surface area contributed by atoms with Crippen LogP contribution in [-0.4, -0.2) is 67.2 Å². The molecule has 0 saturated carbocycles. The molecule has 0 spiro atoms. The van der Waals surface area contributed by atoms with Crippen molar-refractivity contribution >= 4 is 11.8 Å². The lowest BCUT2D eigenvalue weighted by Crippen LogP contribution is -2.53. The van der Waals surface area contributed by atoms with Gasteiger partial charge in [0.15, 0.2) is 5.96 Å². The van der Waals surface area contributed by atoms with E-state index < -0.39 is 0 Å². The van der Waals surface area contributed by atoms with E-state index in [1.54, 1.807) is 0 Å². The topological polar surface area (TPSA) is 55.8 Å². The minimum atomic E-state index is 0.141. The third kappa shape index (κ3) is 6.00. The van der Waals surface area contributed by atoms with Gasteiger partial charge < -0.3 is 20.4 Å². The summed E-state index contributed by atoms with van der Waals surface area (Å²) in [5.74, 6) is 2.09. The fourth-order valence-electron chi connectivity index (χ4n) is 2.71. The lowest BCUT2D eigenvalue weighted by Gasteiger charge is -2.37. The number of guanidine groups is 1. The molecular formula is C18H32N6. The number of nitrogens with one attached hydrogen (secondary N) is 2. The van der Waals surface area contributed by atoms with E-state index >= 15 is 0 Å². The summed E-state index contributed by atoms with van der Waals surface area (Å²) in [5.41, 5.74) is 0.141. The van der Waals surface area contributed by atoms with Gasteiger partial charge in [-0.05, 0) is 39.8 Å². The number of hydrogen-bond acceptors (Lipinski definition) is 4. The van der Waals surface area contributed by atoms with Gasteiger partial charge in [-0.1, -0.05) is 6.07 Å². The van der Waals surface area contributed by atoms with Gasteiger partial charge in [-0.3, -0.25) is 4.99 Å². The predicted octanol–water partition coefficient (Wildman–Crippen LogP) is 1.56. The highest BCUT2D eigenvalue weighted by molar-refractivity contribution is 5.80. The zero-order valence-corrected chi connectivity index (χ0v) is 15.5. The first kappa shape index (κ1) is 18.5. The van der Waals surface area contributed by atoms with Crippen LogP contribution in [0.5, 0.6) is 0 Å². The molecule has 0 aliphatic carbocycles. The van der Waals surface area contributed by atoms with Gasteiger partial charge in [-0.15, -0.1) is 0 Å². The Balaban J connectivity index is 1.86. The van der Waals surface area contributed by atoms with E-state index in [1.165, 1.54) is 0 Å². The molecule has 0 aromatic carbocycles. The third-order valence-electron chi connectivity index (χ3n) is 3.92. The number of anilines is 1. The van der Waals surface area contributed by atoms with Crippen LogP contribution in [0.1, 0.15) is 27.7 Å². The number of nitrogens with zero attached hydrogens (tertiary/aromatic N) is 4. The van der Waals surface area contributed by atoms with Crippen LogP contribution in [0.4, 0.5) is 5.82 Å². The van der Waals surface area contributed by atoms with Gasteiger partial charge in [0.1, 0.15) is 5.82 Å². The maximum Gasteiger partial charge on any atom is 0.194 e. The number of pyridine rings is 1. The zero-order chi connectivity index (χ0) is 17.4. The molecule has 0 bridgehead atoms. The number of rotatable bonds is 5. The molecule has 6 nitrogen and oxygen atoms in total. The molecule has 1 saturated heterocycles. The van der Waals surface area contributed by atoms with Crippen molar-refractivity contribution in [2.45, 2.75) is 33.2 Å². The van der Waals surface area contributed by atoms with E-state index in [0.29, 0.717) is 0 Å². The Kier molecular flexibility index (Phi) is 6.85. The Morgan fingerprint density at radius 3 is 2.54 bits per heavy atom. The molecule has 0 amide bonds. The van der Waals surface area contributed by atoms with Crippen molar-refractivity contribution < 1.29 is 0 Å². The molecular weight excluding hydrogens is 300 g/mol. The van der Waals surface area contributed by atoms with Crippen LogP contribution in [0.25, 0.3) is 0 Å². The van der Waals surface area contributed by atoms with Gasteiger partial charge >= 0.3 is 0 Å². The van der Waals surface area contributed by atoms with Crippen molar-refractivity contribution in [3.05, 3.63) is 24.4 Å². The van der Waals surface area contributed by atoms with E-state index in [2.05, 4.69) is 59.2 Å². The van der Waals surface area contributed by atoms with Crippen LogP contribution >= 0.6 is 0 Å². The first-order valence-corrected chi connectivity index (χ1v) is 8.94. The smallest absolute Gasteiger partial charge is 0.194 e. The van der Waals surface area contributed by atoms with Crippen LogP contribution in [0.15, 0.2) is 29.4 Å². The average Bonchev–Trinajstić information content (AvgIpc) is 2.58. The molecule has 1 aliphatic rings. The van der Waals surface area contributed by atoms with E-state index in [0.717, 1.165) is 57.6 Å². The highest BCUT2D eigenvalue weighted by Crippen LogP contribution is 2.12. The summed E-state index contributed by atoms with van der Waals surface area (Å²) in [7, 11) is 0. The number of aromatic nitrogens is 1. The second kappa shape index (κ2) is 8.87. The number of piperazine rings is 1.